The average molecular weight is 290 g/mol. The molecule has 5 nitrogen and oxygen atoms in total. The summed E-state index contributed by atoms with van der Waals surface area (Å²) in [6.07, 6.45) is 0.746. The molecule has 0 fully saturated rings. The summed E-state index contributed by atoms with van der Waals surface area (Å²) in [6, 6.07) is 9.27. The number of hydrogen-bond acceptors (Lipinski definition) is 4. The van der Waals surface area contributed by atoms with Crippen molar-refractivity contribution >= 4 is 5.69 Å². The summed E-state index contributed by atoms with van der Waals surface area (Å²) in [5.41, 5.74) is 6.40. The third kappa shape index (κ3) is 3.55. The van der Waals surface area contributed by atoms with E-state index in [0.717, 1.165) is 18.1 Å². The number of ether oxygens (including phenoxy) is 1. The first-order valence-corrected chi connectivity index (χ1v) is 6.42. The van der Waals surface area contributed by atoms with Gasteiger partial charge in [-0.3, -0.25) is 10.1 Å². The second kappa shape index (κ2) is 6.32. The lowest BCUT2D eigenvalue weighted by atomic mass is 10.1. The number of aryl methyl sites for hydroxylation is 1. The number of halogens is 1. The molecule has 0 aliphatic heterocycles. The van der Waals surface area contributed by atoms with E-state index in [1.165, 1.54) is 13.0 Å². The maximum absolute atomic E-state index is 13.4. The van der Waals surface area contributed by atoms with Gasteiger partial charge < -0.3 is 10.5 Å². The predicted molar refractivity (Wildman–Crippen MR) is 77.1 cm³/mol. The highest BCUT2D eigenvalue weighted by Crippen LogP contribution is 2.33. The fourth-order valence-electron chi connectivity index (χ4n) is 1.89. The summed E-state index contributed by atoms with van der Waals surface area (Å²) in [5, 5.41) is 11.0. The normalized spacial score (nSPS) is 10.4. The molecule has 0 spiro atoms. The summed E-state index contributed by atoms with van der Waals surface area (Å²) in [6.45, 7) is 2.07. The molecular formula is C15H15FN2O3. The minimum atomic E-state index is -0.666. The van der Waals surface area contributed by atoms with Crippen molar-refractivity contribution in [2.45, 2.75) is 13.3 Å². The fraction of sp³-hybridized carbons (Fsp3) is 0.200. The van der Waals surface area contributed by atoms with E-state index in [-0.39, 0.29) is 11.3 Å². The predicted octanol–water partition coefficient (Wildman–Crippen LogP) is 3.34. The van der Waals surface area contributed by atoms with Crippen LogP contribution in [0.4, 0.5) is 10.1 Å². The molecule has 0 aliphatic carbocycles. The summed E-state index contributed by atoms with van der Waals surface area (Å²) in [5.74, 6) is -0.164. The summed E-state index contributed by atoms with van der Waals surface area (Å²) >= 11 is 0. The highest BCUT2D eigenvalue weighted by Gasteiger charge is 2.19. The molecular weight excluding hydrogens is 275 g/mol. The molecule has 110 valence electrons. The summed E-state index contributed by atoms with van der Waals surface area (Å²) < 4.78 is 18.9. The van der Waals surface area contributed by atoms with Crippen LogP contribution in [0.25, 0.3) is 0 Å². The second-order valence-corrected chi connectivity index (χ2v) is 4.61. The lowest BCUT2D eigenvalue weighted by Crippen LogP contribution is -2.02. The van der Waals surface area contributed by atoms with Crippen LogP contribution in [0.2, 0.25) is 0 Å². The van der Waals surface area contributed by atoms with Crippen LogP contribution in [-0.4, -0.2) is 11.5 Å². The van der Waals surface area contributed by atoms with Crippen molar-refractivity contribution in [3.8, 4) is 11.5 Å². The first kappa shape index (κ1) is 14.9. The molecule has 2 aromatic carbocycles. The van der Waals surface area contributed by atoms with Gasteiger partial charge in [-0.2, -0.15) is 0 Å². The van der Waals surface area contributed by atoms with Crippen LogP contribution in [0, 0.1) is 22.9 Å². The first-order chi connectivity index (χ1) is 10.0. The molecule has 2 aromatic rings. The minimum Gasteiger partial charge on any atom is -0.450 e. The van der Waals surface area contributed by atoms with Gasteiger partial charge in [-0.1, -0.05) is 12.1 Å². The van der Waals surface area contributed by atoms with E-state index in [0.29, 0.717) is 12.3 Å². The number of rotatable bonds is 5. The number of benzene rings is 2. The highest BCUT2D eigenvalue weighted by molar-refractivity contribution is 5.51. The van der Waals surface area contributed by atoms with Crippen LogP contribution in [0.3, 0.4) is 0 Å². The van der Waals surface area contributed by atoms with Crippen LogP contribution in [0.1, 0.15) is 11.1 Å². The molecule has 0 bridgehead atoms. The van der Waals surface area contributed by atoms with Gasteiger partial charge in [0.15, 0.2) is 0 Å². The zero-order chi connectivity index (χ0) is 15.4. The van der Waals surface area contributed by atoms with Crippen molar-refractivity contribution < 1.29 is 14.1 Å². The molecule has 0 saturated heterocycles. The van der Waals surface area contributed by atoms with Crippen LogP contribution < -0.4 is 10.5 Å². The van der Waals surface area contributed by atoms with Crippen LogP contribution >= 0.6 is 0 Å². The van der Waals surface area contributed by atoms with Crippen LogP contribution in [0.15, 0.2) is 36.4 Å². The highest BCUT2D eigenvalue weighted by atomic mass is 19.1. The third-order valence-corrected chi connectivity index (χ3v) is 3.02. The third-order valence-electron chi connectivity index (χ3n) is 3.02. The van der Waals surface area contributed by atoms with Gasteiger partial charge >= 0.3 is 5.69 Å². The van der Waals surface area contributed by atoms with Gasteiger partial charge in [0.25, 0.3) is 0 Å². The van der Waals surface area contributed by atoms with E-state index in [9.17, 15) is 14.5 Å². The zero-order valence-electron chi connectivity index (χ0n) is 11.5. The Bertz CT molecular complexity index is 657. The number of nitrogens with two attached hydrogens (primary N) is 1. The topological polar surface area (TPSA) is 78.4 Å². The van der Waals surface area contributed by atoms with Crippen LogP contribution in [0.5, 0.6) is 11.5 Å². The molecule has 0 aliphatic rings. The zero-order valence-corrected chi connectivity index (χ0v) is 11.5. The lowest BCUT2D eigenvalue weighted by molar-refractivity contribution is -0.385. The van der Waals surface area contributed by atoms with Gasteiger partial charge in [0.05, 0.1) is 11.0 Å². The molecule has 2 N–H and O–H groups in total. The van der Waals surface area contributed by atoms with Crippen LogP contribution in [-0.2, 0) is 6.42 Å². The largest absolute Gasteiger partial charge is 0.450 e. The second-order valence-electron chi connectivity index (χ2n) is 4.61. The van der Waals surface area contributed by atoms with Crippen molar-refractivity contribution in [2.24, 2.45) is 5.73 Å². The number of nitro groups is 1. The maximum atomic E-state index is 13.4. The van der Waals surface area contributed by atoms with E-state index >= 15 is 0 Å². The Balaban J connectivity index is 2.30. The maximum Gasteiger partial charge on any atom is 0.314 e. The number of hydrogen-bond donors (Lipinski definition) is 1. The Labute approximate surface area is 121 Å². The van der Waals surface area contributed by atoms with Crippen molar-refractivity contribution in [2.75, 3.05) is 6.54 Å². The fourth-order valence-corrected chi connectivity index (χ4v) is 1.89. The Morgan fingerprint density at radius 2 is 1.95 bits per heavy atom. The monoisotopic (exact) mass is 290 g/mol. The SMILES string of the molecule is Cc1cc(Oc2ccc(CCN)cc2)c([N+](=O)[O-])cc1F. The van der Waals surface area contributed by atoms with Gasteiger partial charge in [-0.25, -0.2) is 4.39 Å². The number of nitro benzene ring substituents is 1. The molecule has 21 heavy (non-hydrogen) atoms. The van der Waals surface area contributed by atoms with Crippen molar-refractivity contribution in [1.82, 2.24) is 0 Å². The quantitative estimate of drug-likeness (QED) is 0.676. The van der Waals surface area contributed by atoms with E-state index in [2.05, 4.69) is 0 Å². The Hall–Kier alpha value is -2.47. The van der Waals surface area contributed by atoms with E-state index < -0.39 is 16.4 Å². The average Bonchev–Trinajstić information content (AvgIpc) is 2.44. The molecule has 0 aromatic heterocycles. The molecule has 0 radical (unpaired) electrons. The van der Waals surface area contributed by atoms with Gasteiger partial charge in [0, 0.05) is 0 Å². The van der Waals surface area contributed by atoms with E-state index in [4.69, 9.17) is 10.5 Å². The van der Waals surface area contributed by atoms with Crippen molar-refractivity contribution in [1.29, 1.82) is 0 Å². The molecule has 0 heterocycles. The van der Waals surface area contributed by atoms with E-state index in [1.807, 2.05) is 12.1 Å². The molecule has 2 rings (SSSR count). The molecule has 0 amide bonds. The lowest BCUT2D eigenvalue weighted by Gasteiger charge is -2.08. The van der Waals surface area contributed by atoms with Gasteiger partial charge in [-0.15, -0.1) is 0 Å². The molecule has 0 atom stereocenters. The van der Waals surface area contributed by atoms with Gasteiger partial charge in [0.1, 0.15) is 11.6 Å². The summed E-state index contributed by atoms with van der Waals surface area (Å²) in [7, 11) is 0. The van der Waals surface area contributed by atoms with Gasteiger partial charge in [0.2, 0.25) is 5.75 Å². The Morgan fingerprint density at radius 3 is 2.52 bits per heavy atom. The standard InChI is InChI=1S/C15H15FN2O3/c1-10-8-15(14(18(19)20)9-13(10)16)21-12-4-2-11(3-5-12)6-7-17/h2-5,8-9H,6-7,17H2,1H3. The van der Waals surface area contributed by atoms with Crippen molar-refractivity contribution in [3.05, 3.63) is 63.5 Å². The smallest absolute Gasteiger partial charge is 0.314 e. The molecule has 6 heteroatoms. The Morgan fingerprint density at radius 1 is 1.29 bits per heavy atom. The number of nitrogens with zero attached hydrogens (tertiary/aromatic N) is 1. The van der Waals surface area contributed by atoms with E-state index in [1.54, 1.807) is 12.1 Å². The Kier molecular flexibility index (Phi) is 4.49. The molecule has 0 unspecified atom stereocenters. The molecule has 0 saturated carbocycles. The summed E-state index contributed by atoms with van der Waals surface area (Å²) in [4.78, 5) is 10.3. The minimum absolute atomic E-state index is 0.0190. The first-order valence-electron chi connectivity index (χ1n) is 6.42. The van der Waals surface area contributed by atoms with Crippen molar-refractivity contribution in [3.63, 3.8) is 0 Å². The van der Waals surface area contributed by atoms with Gasteiger partial charge in [-0.05, 0) is 49.2 Å².